The number of benzene rings is 9. The molecule has 1 heterocycles. The topological polar surface area (TPSA) is 16.4 Å². The first kappa shape index (κ1) is 38.3. The average molecular weight is 824 g/mol. The quantitative estimate of drug-likeness (QED) is 0.142. The highest BCUT2D eigenvalue weighted by Gasteiger charge is 2.36. The summed E-state index contributed by atoms with van der Waals surface area (Å²) in [6.45, 7) is 7.06. The van der Waals surface area contributed by atoms with Gasteiger partial charge in [0.15, 0.2) is 0 Å². The Morgan fingerprint density at radius 2 is 1.25 bits per heavy atom. The minimum Gasteiger partial charge on any atom is -0.456 e. The number of anilines is 3. The summed E-state index contributed by atoms with van der Waals surface area (Å²) in [5, 5.41) is 7.31. The maximum Gasteiger partial charge on any atom is 0.135 e. The van der Waals surface area contributed by atoms with Crippen LogP contribution in [0.4, 0.5) is 17.1 Å². The molecular weight excluding hydrogens is 775 g/mol. The Kier molecular flexibility index (Phi) is 9.05. The molecule has 308 valence electrons. The van der Waals surface area contributed by atoms with E-state index in [4.69, 9.17) is 4.42 Å². The Morgan fingerprint density at radius 1 is 0.547 bits per heavy atom. The molecule has 2 unspecified atom stereocenters. The number of rotatable bonds is 8. The fraction of sp³-hybridized carbons (Fsp3) is 0.129. The van der Waals surface area contributed by atoms with Crippen LogP contribution in [0.5, 0.6) is 0 Å². The standard InChI is InChI=1S/C62H49NO/c1-40-16-14-20-43(36-40)54(37-41-17-6-4-7-18-41)60-52(34-35-58-61(60)53-24-11-13-27-57(53)64-58)51-25-15-19-42-28-29-44-38-46(30-32-48(44)59(42)51)63(45-21-8-5-9-22-45)47-31-33-50-49-23-10-12-26-55(49)62(2,3)56(50)39-47/h4-15,17-36,38-40,54H,16,37H2,1-3H3. The number of fused-ring (bicyclic) bond motifs is 9. The normalized spacial score (nSPS) is 15.7. The van der Waals surface area contributed by atoms with Gasteiger partial charge in [-0.3, -0.25) is 0 Å². The van der Waals surface area contributed by atoms with E-state index in [0.717, 1.165) is 46.5 Å². The van der Waals surface area contributed by atoms with E-state index >= 15 is 0 Å². The summed E-state index contributed by atoms with van der Waals surface area (Å²) in [6.07, 6.45) is 9.21. The van der Waals surface area contributed by atoms with Gasteiger partial charge in [-0.1, -0.05) is 179 Å². The Balaban J connectivity index is 1.07. The van der Waals surface area contributed by atoms with Crippen LogP contribution in [0.3, 0.4) is 0 Å². The lowest BCUT2D eigenvalue weighted by Crippen LogP contribution is -2.16. The maximum absolute atomic E-state index is 6.67. The van der Waals surface area contributed by atoms with Crippen molar-refractivity contribution < 1.29 is 4.42 Å². The van der Waals surface area contributed by atoms with E-state index in [9.17, 15) is 0 Å². The van der Waals surface area contributed by atoms with Crippen LogP contribution in [0.15, 0.2) is 216 Å². The number of nitrogens with zero attached hydrogens (tertiary/aromatic N) is 1. The van der Waals surface area contributed by atoms with Crippen molar-refractivity contribution >= 4 is 60.5 Å². The lowest BCUT2D eigenvalue weighted by atomic mass is 9.76. The van der Waals surface area contributed by atoms with Crippen LogP contribution in [-0.2, 0) is 11.8 Å². The molecule has 0 radical (unpaired) electrons. The Hall–Kier alpha value is -7.42. The molecule has 1 aromatic heterocycles. The minimum absolute atomic E-state index is 0.0995. The van der Waals surface area contributed by atoms with Gasteiger partial charge < -0.3 is 9.32 Å². The third-order valence-electron chi connectivity index (χ3n) is 14.1. The Bertz CT molecular complexity index is 3500. The smallest absolute Gasteiger partial charge is 0.135 e. The van der Waals surface area contributed by atoms with Crippen molar-refractivity contribution in [3.05, 3.63) is 234 Å². The van der Waals surface area contributed by atoms with E-state index in [1.807, 2.05) is 0 Å². The van der Waals surface area contributed by atoms with Gasteiger partial charge in [0.1, 0.15) is 11.2 Å². The lowest BCUT2D eigenvalue weighted by Gasteiger charge is -2.28. The van der Waals surface area contributed by atoms with Crippen LogP contribution >= 0.6 is 0 Å². The molecule has 12 rings (SSSR count). The first-order valence-electron chi connectivity index (χ1n) is 22.8. The highest BCUT2D eigenvalue weighted by molar-refractivity contribution is 6.17. The summed E-state index contributed by atoms with van der Waals surface area (Å²) < 4.78 is 6.67. The molecule has 64 heavy (non-hydrogen) atoms. The predicted octanol–water partition coefficient (Wildman–Crippen LogP) is 17.2. The van der Waals surface area contributed by atoms with Gasteiger partial charge in [0, 0.05) is 39.2 Å². The number of para-hydroxylation sites is 2. The molecule has 0 fully saturated rings. The van der Waals surface area contributed by atoms with Crippen LogP contribution in [0, 0.1) is 5.92 Å². The van der Waals surface area contributed by atoms with Gasteiger partial charge >= 0.3 is 0 Å². The van der Waals surface area contributed by atoms with Crippen molar-refractivity contribution in [1.29, 1.82) is 0 Å². The lowest BCUT2D eigenvalue weighted by molar-refractivity contribution is 0.660. The van der Waals surface area contributed by atoms with Gasteiger partial charge in [-0.05, 0) is 139 Å². The van der Waals surface area contributed by atoms with Crippen molar-refractivity contribution in [2.75, 3.05) is 4.90 Å². The van der Waals surface area contributed by atoms with Crippen molar-refractivity contribution in [2.24, 2.45) is 5.92 Å². The first-order valence-corrected chi connectivity index (χ1v) is 22.8. The van der Waals surface area contributed by atoms with Crippen LogP contribution in [0.25, 0.3) is 65.7 Å². The van der Waals surface area contributed by atoms with Gasteiger partial charge in [0.05, 0.1) is 0 Å². The van der Waals surface area contributed by atoms with Crippen molar-refractivity contribution in [1.82, 2.24) is 0 Å². The average Bonchev–Trinajstić information content (AvgIpc) is 3.82. The molecule has 2 aliphatic carbocycles. The number of hydrogen-bond acceptors (Lipinski definition) is 2. The van der Waals surface area contributed by atoms with Crippen LogP contribution in [-0.4, -0.2) is 0 Å². The summed E-state index contributed by atoms with van der Waals surface area (Å²) in [6, 6.07) is 69.4. The SMILES string of the molecule is CC1C=C(C(Cc2ccccc2)c2c(-c3cccc4ccc5cc(N(c6ccccc6)c6ccc7c(c6)C(C)(C)c6ccccc6-7)ccc5c34)ccc3oc4ccccc4c23)C=CC1. The van der Waals surface area contributed by atoms with Gasteiger partial charge in [-0.25, -0.2) is 0 Å². The van der Waals surface area contributed by atoms with E-state index in [0.29, 0.717) is 5.92 Å². The highest BCUT2D eigenvalue weighted by atomic mass is 16.3. The monoisotopic (exact) mass is 823 g/mol. The molecule has 0 aliphatic heterocycles. The minimum atomic E-state index is -0.101. The van der Waals surface area contributed by atoms with Crippen LogP contribution in [0.1, 0.15) is 55.4 Å². The second-order valence-electron chi connectivity index (χ2n) is 18.5. The first-order chi connectivity index (χ1) is 31.4. The van der Waals surface area contributed by atoms with Crippen molar-refractivity contribution in [2.45, 2.75) is 44.9 Å². The summed E-state index contributed by atoms with van der Waals surface area (Å²) in [5.41, 5.74) is 17.1. The molecule has 0 amide bonds. The van der Waals surface area contributed by atoms with E-state index in [2.05, 4.69) is 232 Å². The highest BCUT2D eigenvalue weighted by Crippen LogP contribution is 2.52. The van der Waals surface area contributed by atoms with Crippen LogP contribution < -0.4 is 4.90 Å². The summed E-state index contributed by atoms with van der Waals surface area (Å²) in [4.78, 5) is 2.42. The Morgan fingerprint density at radius 3 is 2.11 bits per heavy atom. The fourth-order valence-electron chi connectivity index (χ4n) is 11.1. The molecule has 0 saturated heterocycles. The van der Waals surface area contributed by atoms with E-state index in [1.54, 1.807) is 0 Å². The second-order valence-corrected chi connectivity index (χ2v) is 18.5. The van der Waals surface area contributed by atoms with Crippen LogP contribution in [0.2, 0.25) is 0 Å². The summed E-state index contributed by atoms with van der Waals surface area (Å²) >= 11 is 0. The largest absolute Gasteiger partial charge is 0.456 e. The van der Waals surface area contributed by atoms with Gasteiger partial charge in [-0.15, -0.1) is 0 Å². The second kappa shape index (κ2) is 15.1. The Labute approximate surface area is 375 Å². The van der Waals surface area contributed by atoms with E-state index < -0.39 is 0 Å². The van der Waals surface area contributed by atoms with Gasteiger partial charge in [-0.2, -0.15) is 0 Å². The molecule has 10 aromatic rings. The molecule has 0 N–H and O–H groups in total. The molecule has 0 spiro atoms. The van der Waals surface area contributed by atoms with Gasteiger partial charge in [0.25, 0.3) is 0 Å². The van der Waals surface area contributed by atoms with Crippen molar-refractivity contribution in [3.63, 3.8) is 0 Å². The number of furan rings is 1. The molecule has 0 bridgehead atoms. The van der Waals surface area contributed by atoms with E-state index in [1.165, 1.54) is 77.0 Å². The third-order valence-corrected chi connectivity index (χ3v) is 14.1. The van der Waals surface area contributed by atoms with Gasteiger partial charge in [0.2, 0.25) is 0 Å². The molecular formula is C62H49NO. The predicted molar refractivity (Wildman–Crippen MR) is 270 cm³/mol. The maximum atomic E-state index is 6.67. The zero-order valence-electron chi connectivity index (χ0n) is 36.6. The molecule has 2 nitrogen and oxygen atoms in total. The molecule has 2 aliphatic rings. The molecule has 9 aromatic carbocycles. The molecule has 0 saturated carbocycles. The summed E-state index contributed by atoms with van der Waals surface area (Å²) in [7, 11) is 0. The van der Waals surface area contributed by atoms with E-state index in [-0.39, 0.29) is 11.3 Å². The number of hydrogen-bond donors (Lipinski definition) is 0. The van der Waals surface area contributed by atoms with Crippen molar-refractivity contribution in [3.8, 4) is 22.3 Å². The zero-order valence-corrected chi connectivity index (χ0v) is 36.6. The fourth-order valence-corrected chi connectivity index (χ4v) is 11.1. The summed E-state index contributed by atoms with van der Waals surface area (Å²) in [5.74, 6) is 0.565. The molecule has 2 heteroatoms. The number of allylic oxidation sites excluding steroid dienone is 4. The third kappa shape index (κ3) is 6.23. The zero-order chi connectivity index (χ0) is 42.9. The molecule has 2 atom stereocenters.